The monoisotopic (exact) mass is 339 g/mol. The smallest absolute Gasteiger partial charge is 0.118 e. The van der Waals surface area contributed by atoms with Gasteiger partial charge in [0.25, 0.3) is 0 Å². The highest BCUT2D eigenvalue weighted by atomic mass is 16.5. The fourth-order valence-electron chi connectivity index (χ4n) is 3.57. The minimum atomic E-state index is 0.635. The molecule has 0 spiro atoms. The lowest BCUT2D eigenvalue weighted by Crippen LogP contribution is -2.44. The lowest BCUT2D eigenvalue weighted by molar-refractivity contribution is 0.120. The van der Waals surface area contributed by atoms with E-state index in [2.05, 4.69) is 46.1 Å². The zero-order chi connectivity index (χ0) is 17.5. The molecule has 134 valence electrons. The van der Waals surface area contributed by atoms with E-state index in [9.17, 15) is 0 Å². The molecular formula is C21H29N3O. The number of likely N-dealkylation sites (tertiary alicyclic amines) is 1. The Morgan fingerprint density at radius 3 is 2.64 bits per heavy atom. The number of ether oxygens (including phenoxy) is 1. The Morgan fingerprint density at radius 2 is 1.96 bits per heavy atom. The Bertz CT molecular complexity index is 629. The van der Waals surface area contributed by atoms with Gasteiger partial charge in [-0.05, 0) is 56.3 Å². The van der Waals surface area contributed by atoms with E-state index < -0.39 is 0 Å². The summed E-state index contributed by atoms with van der Waals surface area (Å²) in [7, 11) is 3.97. The van der Waals surface area contributed by atoms with Crippen molar-refractivity contribution in [1.82, 2.24) is 14.8 Å². The zero-order valence-electron chi connectivity index (χ0n) is 15.4. The summed E-state index contributed by atoms with van der Waals surface area (Å²) in [6.07, 6.45) is 5.84. The SMILES string of the molecule is COc1ccc(CN(Cc2ccccn2)CC2CCCCN2C)cc1. The van der Waals surface area contributed by atoms with E-state index in [0.717, 1.165) is 31.1 Å². The fraction of sp³-hybridized carbons (Fsp3) is 0.476. The maximum absolute atomic E-state index is 5.28. The molecule has 0 bridgehead atoms. The van der Waals surface area contributed by atoms with Crippen molar-refractivity contribution in [3.8, 4) is 5.75 Å². The highest BCUT2D eigenvalue weighted by Crippen LogP contribution is 2.19. The van der Waals surface area contributed by atoms with Crippen LogP contribution in [0.5, 0.6) is 5.75 Å². The minimum Gasteiger partial charge on any atom is -0.497 e. The molecule has 3 rings (SSSR count). The number of pyridine rings is 1. The van der Waals surface area contributed by atoms with E-state index >= 15 is 0 Å². The summed E-state index contributed by atoms with van der Waals surface area (Å²) >= 11 is 0. The van der Waals surface area contributed by atoms with Gasteiger partial charge in [-0.1, -0.05) is 24.6 Å². The maximum atomic E-state index is 5.28. The standard InChI is InChI=1S/C21H29N3O/c1-23-14-6-4-8-20(23)17-24(16-19-7-3-5-13-22-19)15-18-9-11-21(25-2)12-10-18/h3,5,7,9-13,20H,4,6,8,14-17H2,1-2H3. The molecule has 0 saturated carbocycles. The predicted molar refractivity (Wildman–Crippen MR) is 102 cm³/mol. The Labute approximate surface area is 151 Å². The second-order valence-corrected chi connectivity index (χ2v) is 6.97. The molecule has 1 aliphatic rings. The van der Waals surface area contributed by atoms with Gasteiger partial charge in [-0.25, -0.2) is 0 Å². The van der Waals surface area contributed by atoms with E-state index in [1.807, 2.05) is 24.4 Å². The molecule has 1 unspecified atom stereocenters. The van der Waals surface area contributed by atoms with Gasteiger partial charge in [0.2, 0.25) is 0 Å². The fourth-order valence-corrected chi connectivity index (χ4v) is 3.57. The van der Waals surface area contributed by atoms with Crippen LogP contribution in [0.15, 0.2) is 48.7 Å². The summed E-state index contributed by atoms with van der Waals surface area (Å²) in [6.45, 7) is 4.12. The zero-order valence-corrected chi connectivity index (χ0v) is 15.4. The Hall–Kier alpha value is -1.91. The van der Waals surface area contributed by atoms with Crippen LogP contribution in [-0.4, -0.2) is 48.1 Å². The molecule has 0 N–H and O–H groups in total. The normalized spacial score (nSPS) is 18.4. The maximum Gasteiger partial charge on any atom is 0.118 e. The summed E-state index contributed by atoms with van der Waals surface area (Å²) in [5.41, 5.74) is 2.45. The molecule has 1 atom stereocenters. The highest BCUT2D eigenvalue weighted by molar-refractivity contribution is 5.27. The van der Waals surface area contributed by atoms with Crippen LogP contribution in [0.1, 0.15) is 30.5 Å². The molecule has 2 aromatic rings. The average molecular weight is 339 g/mol. The van der Waals surface area contributed by atoms with Crippen molar-refractivity contribution in [3.63, 3.8) is 0 Å². The van der Waals surface area contributed by atoms with Gasteiger partial charge in [0.05, 0.1) is 12.8 Å². The van der Waals surface area contributed by atoms with Gasteiger partial charge in [-0.3, -0.25) is 9.88 Å². The Kier molecular flexibility index (Phi) is 6.42. The summed E-state index contributed by atoms with van der Waals surface area (Å²) in [5, 5.41) is 0. The van der Waals surface area contributed by atoms with Gasteiger partial charge in [-0.15, -0.1) is 0 Å². The predicted octanol–water partition coefficient (Wildman–Crippen LogP) is 3.58. The van der Waals surface area contributed by atoms with Crippen LogP contribution in [0.3, 0.4) is 0 Å². The van der Waals surface area contributed by atoms with Crippen molar-refractivity contribution in [3.05, 3.63) is 59.9 Å². The van der Waals surface area contributed by atoms with E-state index in [-0.39, 0.29) is 0 Å². The topological polar surface area (TPSA) is 28.6 Å². The molecule has 4 heteroatoms. The van der Waals surface area contributed by atoms with Crippen LogP contribution in [0, 0.1) is 0 Å². The summed E-state index contributed by atoms with van der Waals surface area (Å²) in [6, 6.07) is 15.2. The molecule has 1 aliphatic heterocycles. The average Bonchev–Trinajstić information content (AvgIpc) is 2.65. The molecule has 0 radical (unpaired) electrons. The second kappa shape index (κ2) is 8.97. The van der Waals surface area contributed by atoms with Gasteiger partial charge in [0.1, 0.15) is 5.75 Å². The number of aromatic nitrogens is 1. The molecule has 0 amide bonds. The first-order chi connectivity index (χ1) is 12.2. The molecular weight excluding hydrogens is 310 g/mol. The summed E-state index contributed by atoms with van der Waals surface area (Å²) < 4.78 is 5.28. The van der Waals surface area contributed by atoms with Crippen molar-refractivity contribution < 1.29 is 4.74 Å². The molecule has 0 aliphatic carbocycles. The third kappa shape index (κ3) is 5.28. The van der Waals surface area contributed by atoms with Gasteiger partial charge in [0, 0.05) is 31.9 Å². The first kappa shape index (κ1) is 17.9. The summed E-state index contributed by atoms with van der Waals surface area (Å²) in [4.78, 5) is 9.57. The first-order valence-corrected chi connectivity index (χ1v) is 9.20. The quantitative estimate of drug-likeness (QED) is 0.771. The minimum absolute atomic E-state index is 0.635. The molecule has 1 aromatic heterocycles. The number of methoxy groups -OCH3 is 1. The molecule has 2 heterocycles. The van der Waals surface area contributed by atoms with Crippen LogP contribution in [0.2, 0.25) is 0 Å². The number of hydrogen-bond donors (Lipinski definition) is 0. The van der Waals surface area contributed by atoms with Crippen LogP contribution in [-0.2, 0) is 13.1 Å². The number of piperidine rings is 1. The third-order valence-electron chi connectivity index (χ3n) is 5.07. The Morgan fingerprint density at radius 1 is 1.12 bits per heavy atom. The van der Waals surface area contributed by atoms with Gasteiger partial charge < -0.3 is 9.64 Å². The molecule has 1 saturated heterocycles. The number of rotatable bonds is 7. The van der Waals surface area contributed by atoms with Crippen LogP contribution in [0.25, 0.3) is 0 Å². The van der Waals surface area contributed by atoms with E-state index in [4.69, 9.17) is 4.74 Å². The van der Waals surface area contributed by atoms with E-state index in [1.165, 1.54) is 31.4 Å². The van der Waals surface area contributed by atoms with Crippen LogP contribution >= 0.6 is 0 Å². The van der Waals surface area contributed by atoms with Gasteiger partial charge in [-0.2, -0.15) is 0 Å². The molecule has 1 aromatic carbocycles. The van der Waals surface area contributed by atoms with Crippen molar-refractivity contribution >= 4 is 0 Å². The van der Waals surface area contributed by atoms with Crippen molar-refractivity contribution in [2.24, 2.45) is 0 Å². The third-order valence-corrected chi connectivity index (χ3v) is 5.07. The van der Waals surface area contributed by atoms with Gasteiger partial charge in [0.15, 0.2) is 0 Å². The number of hydrogen-bond acceptors (Lipinski definition) is 4. The van der Waals surface area contributed by atoms with Gasteiger partial charge >= 0.3 is 0 Å². The largest absolute Gasteiger partial charge is 0.497 e. The Balaban J connectivity index is 1.70. The number of nitrogens with zero attached hydrogens (tertiary/aromatic N) is 3. The number of likely N-dealkylation sites (N-methyl/N-ethyl adjacent to an activating group) is 1. The van der Waals surface area contributed by atoms with E-state index in [0.29, 0.717) is 6.04 Å². The first-order valence-electron chi connectivity index (χ1n) is 9.20. The molecule has 4 nitrogen and oxygen atoms in total. The van der Waals surface area contributed by atoms with Crippen LogP contribution < -0.4 is 4.74 Å². The lowest BCUT2D eigenvalue weighted by Gasteiger charge is -2.36. The molecule has 25 heavy (non-hydrogen) atoms. The van der Waals surface area contributed by atoms with Crippen molar-refractivity contribution in [2.45, 2.75) is 38.4 Å². The van der Waals surface area contributed by atoms with Crippen molar-refractivity contribution in [1.29, 1.82) is 0 Å². The van der Waals surface area contributed by atoms with Crippen molar-refractivity contribution in [2.75, 3.05) is 27.2 Å². The summed E-state index contributed by atoms with van der Waals surface area (Å²) in [5.74, 6) is 0.909. The van der Waals surface area contributed by atoms with E-state index in [1.54, 1.807) is 7.11 Å². The number of benzene rings is 1. The van der Waals surface area contributed by atoms with Crippen LogP contribution in [0.4, 0.5) is 0 Å². The lowest BCUT2D eigenvalue weighted by atomic mass is 10.0. The molecule has 1 fully saturated rings. The second-order valence-electron chi connectivity index (χ2n) is 6.97. The highest BCUT2D eigenvalue weighted by Gasteiger charge is 2.22.